The van der Waals surface area contributed by atoms with Gasteiger partial charge in [-0.15, -0.1) is 0 Å². The molecule has 9 rings (SSSR count). The van der Waals surface area contributed by atoms with Gasteiger partial charge >= 0.3 is 12.2 Å². The van der Waals surface area contributed by atoms with E-state index in [1.54, 1.807) is 12.7 Å². The van der Waals surface area contributed by atoms with Crippen LogP contribution in [-0.2, 0) is 49.2 Å². The van der Waals surface area contributed by atoms with Crippen molar-refractivity contribution in [2.75, 3.05) is 44.2 Å². The maximum absolute atomic E-state index is 12.7. The highest BCUT2D eigenvalue weighted by atomic mass is 16.8. The van der Waals surface area contributed by atoms with Gasteiger partial charge in [0.2, 0.25) is 0 Å². The van der Waals surface area contributed by atoms with Crippen molar-refractivity contribution in [1.29, 1.82) is 0 Å². The molecule has 8 heterocycles. The van der Waals surface area contributed by atoms with Crippen LogP contribution >= 0.6 is 0 Å². The number of anilines is 2. The third-order valence-corrected chi connectivity index (χ3v) is 12.2. The fraction of sp³-hybridized carbons (Fsp3) is 0.625. The molecule has 4 aliphatic rings. The first-order valence-corrected chi connectivity index (χ1v) is 24.2. The normalized spacial score (nSPS) is 25.4. The average molecular weight is 988 g/mol. The summed E-state index contributed by atoms with van der Waals surface area (Å²) in [6.45, 7) is 21.5. The summed E-state index contributed by atoms with van der Waals surface area (Å²) in [5, 5.41) is 6.51. The van der Waals surface area contributed by atoms with Gasteiger partial charge in [-0.1, -0.05) is 44.2 Å². The predicted octanol–water partition coefficient (Wildman–Crippen LogP) is 4.31. The van der Waals surface area contributed by atoms with E-state index in [2.05, 4.69) is 71.4 Å². The lowest BCUT2D eigenvalue weighted by molar-refractivity contribution is -0.198. The molecule has 4 fully saturated rings. The molecule has 23 heteroatoms. The molecule has 1 aromatic carbocycles. The molecular formula is C48H69N13O10. The highest BCUT2D eigenvalue weighted by molar-refractivity contribution is 5.82. The van der Waals surface area contributed by atoms with E-state index in [0.29, 0.717) is 53.5 Å². The molecule has 9 atom stereocenters. The van der Waals surface area contributed by atoms with Gasteiger partial charge in [-0.25, -0.2) is 34.7 Å². The fourth-order valence-electron chi connectivity index (χ4n) is 9.41. The highest BCUT2D eigenvalue weighted by Crippen LogP contribution is 2.45. The van der Waals surface area contributed by atoms with Crippen molar-refractivity contribution < 1.29 is 47.5 Å². The van der Waals surface area contributed by atoms with E-state index in [0.717, 1.165) is 44.5 Å². The molecule has 1 amide bonds. The Morgan fingerprint density at radius 3 is 1.82 bits per heavy atom. The molecule has 0 aliphatic carbocycles. The molecule has 0 radical (unpaired) electrons. The van der Waals surface area contributed by atoms with Gasteiger partial charge in [-0.05, 0) is 92.8 Å². The van der Waals surface area contributed by atoms with Crippen molar-refractivity contribution in [3.63, 3.8) is 0 Å². The maximum Gasteiger partial charge on any atom is 0.407 e. The third kappa shape index (κ3) is 13.0. The second-order valence-corrected chi connectivity index (χ2v) is 19.8. The number of alkyl carbamates (subject to hydrolysis) is 1. The van der Waals surface area contributed by atoms with Crippen molar-refractivity contribution >= 4 is 46.2 Å². The number of nitrogen functional groups attached to an aromatic ring is 2. The predicted molar refractivity (Wildman–Crippen MR) is 258 cm³/mol. The van der Waals surface area contributed by atoms with E-state index in [-0.39, 0.29) is 55.0 Å². The molecule has 0 spiro atoms. The van der Waals surface area contributed by atoms with Crippen LogP contribution in [0.15, 0.2) is 55.6 Å². The van der Waals surface area contributed by atoms with Crippen molar-refractivity contribution in [2.45, 2.75) is 160 Å². The Balaban J connectivity index is 0.000000223. The average Bonchev–Trinajstić information content (AvgIpc) is 4.16. The number of fused-ring (bicyclic) bond motifs is 4. The van der Waals surface area contributed by atoms with Gasteiger partial charge in [0.05, 0.1) is 12.7 Å². The number of nitrogens with one attached hydrogen (secondary N) is 2. The first-order valence-electron chi connectivity index (χ1n) is 24.2. The van der Waals surface area contributed by atoms with Gasteiger partial charge in [0, 0.05) is 25.7 Å². The van der Waals surface area contributed by atoms with Crippen molar-refractivity contribution in [3.8, 4) is 0 Å². The van der Waals surface area contributed by atoms with Crippen LogP contribution < -0.4 is 22.1 Å². The number of hydrogen-bond donors (Lipinski definition) is 4. The van der Waals surface area contributed by atoms with Crippen LogP contribution in [0.5, 0.6) is 0 Å². The van der Waals surface area contributed by atoms with Crippen molar-refractivity contribution in [3.05, 3.63) is 61.2 Å². The van der Waals surface area contributed by atoms with Crippen LogP contribution in [0, 0.1) is 0 Å². The minimum absolute atomic E-state index is 0.103. The van der Waals surface area contributed by atoms with Gasteiger partial charge in [-0.3, -0.25) is 9.13 Å². The maximum atomic E-state index is 12.7. The summed E-state index contributed by atoms with van der Waals surface area (Å²) in [5.74, 6) is -0.736. The molecule has 0 bridgehead atoms. The fourth-order valence-corrected chi connectivity index (χ4v) is 9.41. The number of nitrogens with two attached hydrogens (primary N) is 2. The van der Waals surface area contributed by atoms with Gasteiger partial charge in [0.1, 0.15) is 65.9 Å². The van der Waals surface area contributed by atoms with E-state index >= 15 is 0 Å². The van der Waals surface area contributed by atoms with Gasteiger partial charge in [0.25, 0.3) is 0 Å². The molecular weight excluding hydrogens is 919 g/mol. The number of carbonyl (C=O) groups excluding carboxylic acids is 3. The van der Waals surface area contributed by atoms with Crippen LogP contribution in [0.25, 0.3) is 22.3 Å². The lowest BCUT2D eigenvalue weighted by atomic mass is 10.0. The summed E-state index contributed by atoms with van der Waals surface area (Å²) in [5.41, 5.74) is 14.8. The smallest absolute Gasteiger partial charge is 0.407 e. The highest BCUT2D eigenvalue weighted by Gasteiger charge is 2.57. The number of hydrogen-bond acceptors (Lipinski definition) is 20. The molecule has 0 saturated carbocycles. The number of imidazole rings is 2. The number of amides is 1. The molecule has 4 aromatic heterocycles. The molecule has 4 saturated heterocycles. The number of aromatic nitrogens is 8. The largest absolute Gasteiger partial charge is 0.444 e. The molecule has 0 unspecified atom stereocenters. The summed E-state index contributed by atoms with van der Waals surface area (Å²) in [6, 6.07) is 10.1. The van der Waals surface area contributed by atoms with E-state index in [1.807, 2.05) is 75.8 Å². The minimum Gasteiger partial charge on any atom is -0.444 e. The summed E-state index contributed by atoms with van der Waals surface area (Å²) in [4.78, 5) is 56.9. The second kappa shape index (κ2) is 22.8. The van der Waals surface area contributed by atoms with Crippen LogP contribution in [0.2, 0.25) is 0 Å². The van der Waals surface area contributed by atoms with Crippen LogP contribution in [-0.4, -0.2) is 149 Å². The van der Waals surface area contributed by atoms with Crippen LogP contribution in [0.1, 0.15) is 99.6 Å². The lowest BCUT2D eigenvalue weighted by Gasteiger charge is -2.30. The van der Waals surface area contributed by atoms with Crippen LogP contribution in [0.4, 0.5) is 16.4 Å². The van der Waals surface area contributed by atoms with E-state index < -0.39 is 29.5 Å². The Hall–Kier alpha value is -5.75. The van der Waals surface area contributed by atoms with Crippen molar-refractivity contribution in [1.82, 2.24) is 54.6 Å². The number of carbonyl (C=O) groups is 1. The SMILES string of the molecule is CCCN(CC[C@@H](Cc1ccccc1)NC(=O)OC(C)(C)C)C[C@H]1O[C@@H](n2cnc3c(N)ncnc32)[C@@H]2OC(C)(C)O[C@@H]21.CCCNC[C@H]1O[C@@H](n2cnc3c(N)ncnc32)[C@@H]2OC(C)(C)O[C@@H]21.O=C=O. The minimum atomic E-state index is -0.756. The quantitative estimate of drug-likeness (QED) is 0.100. The van der Waals surface area contributed by atoms with E-state index in [1.165, 1.54) is 12.7 Å². The van der Waals surface area contributed by atoms with Crippen LogP contribution in [0.3, 0.4) is 0 Å². The zero-order valence-corrected chi connectivity index (χ0v) is 42.0. The van der Waals surface area contributed by atoms with E-state index in [4.69, 9.17) is 54.2 Å². The Morgan fingerprint density at radius 1 is 0.775 bits per heavy atom. The first-order chi connectivity index (χ1) is 33.8. The summed E-state index contributed by atoms with van der Waals surface area (Å²) >= 11 is 0. The monoisotopic (exact) mass is 988 g/mol. The molecule has 5 aromatic rings. The number of ether oxygens (including phenoxy) is 7. The second-order valence-electron chi connectivity index (χ2n) is 19.8. The van der Waals surface area contributed by atoms with Crippen molar-refractivity contribution in [2.24, 2.45) is 0 Å². The topological polar surface area (TPSA) is 282 Å². The zero-order valence-electron chi connectivity index (χ0n) is 42.0. The number of nitrogens with zero attached hydrogens (tertiary/aromatic N) is 9. The standard InChI is InChI=1S/C31H45N7O5.C16H24N6O3.CO2/c1-7-14-37(15-13-21(16-20-11-9-8-10-12-20)36-29(39)43-30(2,3)4)17-22-24-25(42-31(5,6)41-24)28(40-22)38-19-35-23-26(32)33-18-34-27(23)38;1-4-5-18-6-9-11-12(25-16(2,3)24-11)15(23-9)22-8-21-10-13(17)19-7-20-14(10)22;2-1-3/h8-12,18-19,21-22,24-25,28H,7,13-17H2,1-6H3,(H,36,39)(H2,32,33,34);7-9,11-12,15,18H,4-6H2,1-3H3,(H2,17,19,20);/t21-,22+,24+,25+,28+;9-,11-,12-,15-;/m01./s1. The van der Waals surface area contributed by atoms with Gasteiger partial charge < -0.3 is 60.2 Å². The van der Waals surface area contributed by atoms with Gasteiger partial charge in [0.15, 0.2) is 47.0 Å². The molecule has 6 N–H and O–H groups in total. The summed E-state index contributed by atoms with van der Waals surface area (Å²) < 4.78 is 47.2. The molecule has 23 nitrogen and oxygen atoms in total. The Labute approximate surface area is 413 Å². The third-order valence-electron chi connectivity index (χ3n) is 12.2. The van der Waals surface area contributed by atoms with E-state index in [9.17, 15) is 4.79 Å². The zero-order chi connectivity index (χ0) is 51.1. The summed E-state index contributed by atoms with van der Waals surface area (Å²) in [7, 11) is 0. The Kier molecular flexibility index (Phi) is 17.0. The molecule has 71 heavy (non-hydrogen) atoms. The first kappa shape index (κ1) is 53.1. The molecule has 4 aliphatic heterocycles. The van der Waals surface area contributed by atoms with Gasteiger partial charge in [-0.2, -0.15) is 9.59 Å². The number of rotatable bonds is 16. The Morgan fingerprint density at radius 2 is 1.30 bits per heavy atom. The molecule has 386 valence electrons. The lowest BCUT2D eigenvalue weighted by Crippen LogP contribution is -2.44. The summed E-state index contributed by atoms with van der Waals surface area (Å²) in [6.07, 6.45) is 7.28. The number of benzene rings is 1. The Bertz CT molecular complexity index is 2570.